The molecule has 4 nitrogen and oxygen atoms in total. The molecule has 7 heteroatoms. The summed E-state index contributed by atoms with van der Waals surface area (Å²) in [4.78, 5) is 15.1. The topological polar surface area (TPSA) is 56.9 Å². The number of nitrogens with one attached hydrogen (secondary N) is 3. The summed E-state index contributed by atoms with van der Waals surface area (Å²) < 4.78 is 38.8. The van der Waals surface area contributed by atoms with Gasteiger partial charge in [-0.15, -0.1) is 0 Å². The molecule has 0 spiro atoms. The molecule has 0 bridgehead atoms. The van der Waals surface area contributed by atoms with E-state index < -0.39 is 11.7 Å². The first-order valence-electron chi connectivity index (χ1n) is 8.67. The van der Waals surface area contributed by atoms with Crippen LogP contribution < -0.4 is 10.6 Å². The summed E-state index contributed by atoms with van der Waals surface area (Å²) >= 11 is 0. The van der Waals surface area contributed by atoms with Crippen molar-refractivity contribution in [3.63, 3.8) is 0 Å². The van der Waals surface area contributed by atoms with Gasteiger partial charge in [-0.25, -0.2) is 0 Å². The van der Waals surface area contributed by atoms with Crippen molar-refractivity contribution in [1.82, 2.24) is 10.3 Å². The molecule has 3 aromatic rings. The Morgan fingerprint density at radius 3 is 2.56 bits per heavy atom. The zero-order valence-electron chi connectivity index (χ0n) is 14.6. The molecule has 27 heavy (non-hydrogen) atoms. The Labute approximate surface area is 154 Å². The number of halogens is 3. The van der Waals surface area contributed by atoms with Crippen LogP contribution in [-0.4, -0.2) is 24.0 Å². The second-order valence-electron chi connectivity index (χ2n) is 6.18. The van der Waals surface area contributed by atoms with Crippen LogP contribution in [0.1, 0.15) is 17.5 Å². The lowest BCUT2D eigenvalue weighted by Gasteiger charge is -2.14. The van der Waals surface area contributed by atoms with Crippen molar-refractivity contribution in [2.75, 3.05) is 18.4 Å². The number of H-pyrrole nitrogens is 1. The fraction of sp³-hybridized carbons (Fsp3) is 0.250. The summed E-state index contributed by atoms with van der Waals surface area (Å²) in [6, 6.07) is 13.2. The minimum Gasteiger partial charge on any atom is -0.384 e. The smallest absolute Gasteiger partial charge is 0.384 e. The van der Waals surface area contributed by atoms with Gasteiger partial charge in [-0.2, -0.15) is 13.2 Å². The van der Waals surface area contributed by atoms with Crippen LogP contribution in [0.15, 0.2) is 54.7 Å². The zero-order chi connectivity index (χ0) is 19.3. The third-order valence-corrected chi connectivity index (χ3v) is 4.29. The van der Waals surface area contributed by atoms with E-state index in [-0.39, 0.29) is 24.6 Å². The Morgan fingerprint density at radius 2 is 1.74 bits per heavy atom. The highest BCUT2D eigenvalue weighted by molar-refractivity contribution is 5.83. The molecule has 0 saturated heterocycles. The van der Waals surface area contributed by atoms with Crippen LogP contribution in [0.3, 0.4) is 0 Å². The van der Waals surface area contributed by atoms with Crippen LogP contribution >= 0.6 is 0 Å². The van der Waals surface area contributed by atoms with Gasteiger partial charge in [0.1, 0.15) is 0 Å². The van der Waals surface area contributed by atoms with E-state index >= 15 is 0 Å². The highest BCUT2D eigenvalue weighted by Crippen LogP contribution is 2.34. The van der Waals surface area contributed by atoms with Crippen molar-refractivity contribution < 1.29 is 18.0 Å². The van der Waals surface area contributed by atoms with Gasteiger partial charge in [0.25, 0.3) is 0 Å². The predicted octanol–water partition coefficient (Wildman–Crippen LogP) is 4.35. The fourth-order valence-corrected chi connectivity index (χ4v) is 2.96. The molecule has 2 aromatic carbocycles. The first kappa shape index (κ1) is 18.8. The molecule has 1 heterocycles. The van der Waals surface area contributed by atoms with Crippen LogP contribution in [0.2, 0.25) is 0 Å². The maximum absolute atomic E-state index is 12.9. The van der Waals surface area contributed by atoms with Gasteiger partial charge in [-0.05, 0) is 30.2 Å². The van der Waals surface area contributed by atoms with E-state index in [1.165, 1.54) is 18.2 Å². The molecule has 0 unspecified atom stereocenters. The maximum atomic E-state index is 12.9. The molecule has 3 N–H and O–H groups in total. The molecule has 0 saturated carbocycles. The van der Waals surface area contributed by atoms with Gasteiger partial charge in [-0.3, -0.25) is 4.79 Å². The molecule has 3 rings (SSSR count). The molecule has 0 aliphatic carbocycles. The number of amides is 1. The number of aromatic nitrogens is 1. The monoisotopic (exact) mass is 375 g/mol. The summed E-state index contributed by atoms with van der Waals surface area (Å²) in [5, 5.41) is 6.62. The van der Waals surface area contributed by atoms with Gasteiger partial charge < -0.3 is 15.6 Å². The largest absolute Gasteiger partial charge is 0.418 e. The fourth-order valence-electron chi connectivity index (χ4n) is 2.96. The summed E-state index contributed by atoms with van der Waals surface area (Å²) in [5.74, 6) is -0.202. The quantitative estimate of drug-likeness (QED) is 0.575. The van der Waals surface area contributed by atoms with Gasteiger partial charge >= 0.3 is 6.18 Å². The van der Waals surface area contributed by atoms with E-state index in [1.807, 2.05) is 30.5 Å². The molecule has 1 aromatic heterocycles. The van der Waals surface area contributed by atoms with Crippen molar-refractivity contribution in [2.24, 2.45) is 0 Å². The van der Waals surface area contributed by atoms with Crippen LogP contribution in [0, 0.1) is 0 Å². The Morgan fingerprint density at radius 1 is 1.00 bits per heavy atom. The molecular formula is C20H20F3N3O. The van der Waals surface area contributed by atoms with E-state index in [0.717, 1.165) is 22.5 Å². The average molecular weight is 375 g/mol. The molecule has 0 aliphatic rings. The predicted molar refractivity (Wildman–Crippen MR) is 99.6 cm³/mol. The number of alkyl halides is 3. The number of para-hydroxylation sites is 2. The van der Waals surface area contributed by atoms with E-state index in [0.29, 0.717) is 13.0 Å². The minimum absolute atomic E-state index is 0.0170. The Bertz CT molecular complexity index is 918. The van der Waals surface area contributed by atoms with Crippen LogP contribution in [-0.2, 0) is 17.4 Å². The van der Waals surface area contributed by atoms with Crippen LogP contribution in [0.25, 0.3) is 10.9 Å². The van der Waals surface area contributed by atoms with Crippen molar-refractivity contribution in [3.8, 4) is 0 Å². The van der Waals surface area contributed by atoms with E-state index in [2.05, 4.69) is 15.6 Å². The summed E-state index contributed by atoms with van der Waals surface area (Å²) in [5.41, 5.74) is 1.41. The molecular weight excluding hydrogens is 355 g/mol. The van der Waals surface area contributed by atoms with Crippen LogP contribution in [0.5, 0.6) is 0 Å². The molecule has 142 valence electrons. The number of aromatic amines is 1. The maximum Gasteiger partial charge on any atom is 0.418 e. The molecule has 1 amide bonds. The highest BCUT2D eigenvalue weighted by atomic mass is 19.4. The van der Waals surface area contributed by atoms with Gasteiger partial charge in [0.05, 0.1) is 5.56 Å². The number of hydrogen-bond acceptors (Lipinski definition) is 2. The molecule has 0 aliphatic heterocycles. The second-order valence-corrected chi connectivity index (χ2v) is 6.18. The number of hydrogen-bond donors (Lipinski definition) is 3. The van der Waals surface area contributed by atoms with E-state index in [1.54, 1.807) is 0 Å². The van der Waals surface area contributed by atoms with Crippen molar-refractivity contribution in [2.45, 2.75) is 19.0 Å². The number of anilines is 1. The van der Waals surface area contributed by atoms with Gasteiger partial charge in [-0.1, -0.05) is 30.3 Å². The van der Waals surface area contributed by atoms with Crippen molar-refractivity contribution >= 4 is 22.5 Å². The highest BCUT2D eigenvalue weighted by Gasteiger charge is 2.32. The lowest BCUT2D eigenvalue weighted by Crippen LogP contribution is -2.27. The second kappa shape index (κ2) is 8.16. The van der Waals surface area contributed by atoms with Gasteiger partial charge in [0, 0.05) is 42.3 Å². The Hall–Kier alpha value is -2.96. The third-order valence-electron chi connectivity index (χ3n) is 4.29. The first-order chi connectivity index (χ1) is 12.9. The number of benzene rings is 2. The molecule has 0 fully saturated rings. The Kier molecular flexibility index (Phi) is 5.69. The summed E-state index contributed by atoms with van der Waals surface area (Å²) in [7, 11) is 0. The van der Waals surface area contributed by atoms with E-state index in [4.69, 9.17) is 0 Å². The number of carbonyl (C=O) groups is 1. The average Bonchev–Trinajstić information content (AvgIpc) is 3.05. The standard InChI is InChI=1S/C20H20F3N3O/c21-20(22,23)16-6-2-4-8-18(16)24-12-10-19(27)25-11-9-14-13-26-17-7-3-1-5-15(14)17/h1-8,13,24,26H,9-12H2,(H,25,27). The lowest BCUT2D eigenvalue weighted by atomic mass is 10.1. The van der Waals surface area contributed by atoms with Gasteiger partial charge in [0.15, 0.2) is 0 Å². The van der Waals surface area contributed by atoms with E-state index in [9.17, 15) is 18.0 Å². The Balaban J connectivity index is 1.44. The number of fused-ring (bicyclic) bond motifs is 1. The van der Waals surface area contributed by atoms with Crippen molar-refractivity contribution in [3.05, 3.63) is 65.9 Å². The number of rotatable bonds is 7. The van der Waals surface area contributed by atoms with Crippen molar-refractivity contribution in [1.29, 1.82) is 0 Å². The summed E-state index contributed by atoms with van der Waals surface area (Å²) in [6.07, 6.45) is -1.72. The lowest BCUT2D eigenvalue weighted by molar-refractivity contribution is -0.137. The summed E-state index contributed by atoms with van der Waals surface area (Å²) in [6.45, 7) is 0.603. The zero-order valence-corrected chi connectivity index (χ0v) is 14.6. The van der Waals surface area contributed by atoms with Crippen LogP contribution in [0.4, 0.5) is 18.9 Å². The first-order valence-corrected chi connectivity index (χ1v) is 8.67. The number of carbonyl (C=O) groups excluding carboxylic acids is 1. The molecule has 0 radical (unpaired) electrons. The normalized spacial score (nSPS) is 11.5. The van der Waals surface area contributed by atoms with Gasteiger partial charge in [0.2, 0.25) is 5.91 Å². The SMILES string of the molecule is O=C(CCNc1ccccc1C(F)(F)F)NCCc1c[nH]c2ccccc12. The third kappa shape index (κ3) is 4.81. The molecule has 0 atom stereocenters. The minimum atomic E-state index is -4.43.